The van der Waals surface area contributed by atoms with Gasteiger partial charge in [0, 0.05) is 30.7 Å². The zero-order valence-electron chi connectivity index (χ0n) is 12.3. The molecule has 0 radical (unpaired) electrons. The average Bonchev–Trinajstić information content (AvgIpc) is 2.62. The molecule has 2 nitrogen and oxygen atoms in total. The summed E-state index contributed by atoms with van der Waals surface area (Å²) >= 11 is 0. The van der Waals surface area contributed by atoms with Crippen molar-refractivity contribution in [1.82, 2.24) is 10.2 Å². The molecule has 1 heterocycles. The number of hydrogen-bond acceptors (Lipinski definition) is 2. The van der Waals surface area contributed by atoms with Gasteiger partial charge in [0.25, 0.3) is 0 Å². The molecule has 2 heteroatoms. The smallest absolute Gasteiger partial charge is 0.0253 e. The van der Waals surface area contributed by atoms with Crippen LogP contribution in [0.4, 0.5) is 0 Å². The van der Waals surface area contributed by atoms with E-state index in [1.807, 2.05) is 0 Å². The van der Waals surface area contributed by atoms with Crippen LogP contribution < -0.4 is 5.32 Å². The molecule has 0 aromatic carbocycles. The Hall–Kier alpha value is -0.0800. The van der Waals surface area contributed by atoms with Crippen LogP contribution in [0.25, 0.3) is 0 Å². The van der Waals surface area contributed by atoms with Crippen LogP contribution in [-0.2, 0) is 0 Å². The molecular weight excluding hydrogens is 208 g/mol. The third kappa shape index (κ3) is 3.03. The zero-order chi connectivity index (χ0) is 12.6. The van der Waals surface area contributed by atoms with Gasteiger partial charge in [-0.3, -0.25) is 4.90 Å². The lowest BCUT2D eigenvalue weighted by Gasteiger charge is -2.49. The van der Waals surface area contributed by atoms with Gasteiger partial charge in [-0.2, -0.15) is 0 Å². The molecule has 0 amide bonds. The van der Waals surface area contributed by atoms with E-state index >= 15 is 0 Å². The van der Waals surface area contributed by atoms with Crippen LogP contribution in [-0.4, -0.2) is 35.6 Å². The number of nitrogens with zero attached hydrogens (tertiary/aromatic N) is 1. The number of piperazine rings is 1. The van der Waals surface area contributed by atoms with Crippen molar-refractivity contribution in [2.45, 2.75) is 71.5 Å². The Bertz CT molecular complexity index is 260. The minimum atomic E-state index is 0.289. The van der Waals surface area contributed by atoms with Crippen LogP contribution >= 0.6 is 0 Å². The van der Waals surface area contributed by atoms with E-state index in [4.69, 9.17) is 0 Å². The van der Waals surface area contributed by atoms with E-state index in [2.05, 4.69) is 44.8 Å². The van der Waals surface area contributed by atoms with E-state index in [0.717, 1.165) is 30.5 Å². The second kappa shape index (κ2) is 4.89. The van der Waals surface area contributed by atoms with Crippen LogP contribution in [0.5, 0.6) is 0 Å². The molecule has 0 aromatic rings. The van der Waals surface area contributed by atoms with Gasteiger partial charge in [-0.05, 0) is 44.9 Å². The van der Waals surface area contributed by atoms with Crippen molar-refractivity contribution < 1.29 is 0 Å². The van der Waals surface area contributed by atoms with Crippen LogP contribution in [0.3, 0.4) is 0 Å². The van der Waals surface area contributed by atoms with E-state index in [1.165, 1.54) is 25.8 Å². The van der Waals surface area contributed by atoms with Crippen molar-refractivity contribution in [2.24, 2.45) is 11.8 Å². The van der Waals surface area contributed by atoms with Gasteiger partial charge in [-0.15, -0.1) is 0 Å². The van der Waals surface area contributed by atoms with Crippen molar-refractivity contribution in [3.8, 4) is 0 Å². The summed E-state index contributed by atoms with van der Waals surface area (Å²) < 4.78 is 0. The van der Waals surface area contributed by atoms with Gasteiger partial charge < -0.3 is 5.32 Å². The molecule has 1 saturated heterocycles. The maximum absolute atomic E-state index is 3.71. The van der Waals surface area contributed by atoms with Crippen molar-refractivity contribution in [3.05, 3.63) is 0 Å². The SMILES string of the molecule is CC1CCC(N2CC(C)(C)NCC2C(C)C)C1. The maximum atomic E-state index is 3.71. The minimum Gasteiger partial charge on any atom is -0.309 e. The molecule has 2 aliphatic rings. The highest BCUT2D eigenvalue weighted by atomic mass is 15.3. The lowest BCUT2D eigenvalue weighted by atomic mass is 9.91. The Morgan fingerprint density at radius 3 is 2.47 bits per heavy atom. The highest BCUT2D eigenvalue weighted by molar-refractivity contribution is 4.97. The highest BCUT2D eigenvalue weighted by Gasteiger charge is 2.39. The quantitative estimate of drug-likeness (QED) is 0.796. The molecule has 0 spiro atoms. The summed E-state index contributed by atoms with van der Waals surface area (Å²) in [5.41, 5.74) is 0.289. The first-order valence-electron chi connectivity index (χ1n) is 7.40. The van der Waals surface area contributed by atoms with Crippen LogP contribution in [0.15, 0.2) is 0 Å². The molecule has 100 valence electrons. The standard InChI is InChI=1S/C15H30N2/c1-11(2)14-9-16-15(4,5)10-17(14)13-7-6-12(3)8-13/h11-14,16H,6-10H2,1-5H3. The first-order chi connectivity index (χ1) is 7.89. The van der Waals surface area contributed by atoms with E-state index in [0.29, 0.717) is 0 Å². The molecule has 2 fully saturated rings. The molecular formula is C15H30N2. The Morgan fingerprint density at radius 1 is 1.24 bits per heavy atom. The summed E-state index contributed by atoms with van der Waals surface area (Å²) in [4.78, 5) is 2.82. The van der Waals surface area contributed by atoms with Crippen LogP contribution in [0, 0.1) is 11.8 Å². The molecule has 0 aromatic heterocycles. The molecule has 1 aliphatic heterocycles. The summed E-state index contributed by atoms with van der Waals surface area (Å²) in [7, 11) is 0. The zero-order valence-corrected chi connectivity index (χ0v) is 12.3. The van der Waals surface area contributed by atoms with Crippen molar-refractivity contribution >= 4 is 0 Å². The number of nitrogens with one attached hydrogen (secondary N) is 1. The van der Waals surface area contributed by atoms with Gasteiger partial charge in [0.05, 0.1) is 0 Å². The second-order valence-corrected chi connectivity index (χ2v) is 7.32. The fourth-order valence-electron chi connectivity index (χ4n) is 3.62. The van der Waals surface area contributed by atoms with Crippen molar-refractivity contribution in [3.63, 3.8) is 0 Å². The van der Waals surface area contributed by atoms with E-state index < -0.39 is 0 Å². The molecule has 2 rings (SSSR count). The Kier molecular flexibility index (Phi) is 3.84. The largest absolute Gasteiger partial charge is 0.309 e. The van der Waals surface area contributed by atoms with Gasteiger partial charge in [-0.1, -0.05) is 20.8 Å². The van der Waals surface area contributed by atoms with E-state index in [1.54, 1.807) is 0 Å². The van der Waals surface area contributed by atoms with Gasteiger partial charge in [0.2, 0.25) is 0 Å². The first kappa shape index (κ1) is 13.4. The van der Waals surface area contributed by atoms with Crippen molar-refractivity contribution in [1.29, 1.82) is 0 Å². The van der Waals surface area contributed by atoms with Crippen molar-refractivity contribution in [2.75, 3.05) is 13.1 Å². The van der Waals surface area contributed by atoms with Crippen LogP contribution in [0.2, 0.25) is 0 Å². The summed E-state index contributed by atoms with van der Waals surface area (Å²) in [6.45, 7) is 14.2. The molecule has 3 unspecified atom stereocenters. The summed E-state index contributed by atoms with van der Waals surface area (Å²) in [5, 5.41) is 3.71. The minimum absolute atomic E-state index is 0.289. The fourth-order valence-corrected chi connectivity index (χ4v) is 3.62. The monoisotopic (exact) mass is 238 g/mol. The molecule has 0 bridgehead atoms. The van der Waals surface area contributed by atoms with E-state index in [-0.39, 0.29) is 5.54 Å². The topological polar surface area (TPSA) is 15.3 Å². The van der Waals surface area contributed by atoms with Crippen LogP contribution in [0.1, 0.15) is 53.9 Å². The van der Waals surface area contributed by atoms with Gasteiger partial charge >= 0.3 is 0 Å². The Balaban J connectivity index is 2.08. The Labute approximate surface area is 107 Å². The van der Waals surface area contributed by atoms with E-state index in [9.17, 15) is 0 Å². The molecule has 1 saturated carbocycles. The molecule has 1 aliphatic carbocycles. The van der Waals surface area contributed by atoms with Gasteiger partial charge in [0.15, 0.2) is 0 Å². The second-order valence-electron chi connectivity index (χ2n) is 7.32. The molecule has 17 heavy (non-hydrogen) atoms. The third-order valence-corrected chi connectivity index (χ3v) is 4.70. The summed E-state index contributed by atoms with van der Waals surface area (Å²) in [6.07, 6.45) is 4.26. The first-order valence-corrected chi connectivity index (χ1v) is 7.40. The normalized spacial score (nSPS) is 38.8. The Morgan fingerprint density at radius 2 is 1.94 bits per heavy atom. The predicted octanol–water partition coefficient (Wildman–Crippen LogP) is 2.88. The highest BCUT2D eigenvalue weighted by Crippen LogP contribution is 2.33. The molecule has 3 atom stereocenters. The number of rotatable bonds is 2. The lowest BCUT2D eigenvalue weighted by Crippen LogP contribution is -2.64. The maximum Gasteiger partial charge on any atom is 0.0253 e. The fraction of sp³-hybridized carbons (Fsp3) is 1.00. The van der Waals surface area contributed by atoms with Gasteiger partial charge in [-0.25, -0.2) is 0 Å². The predicted molar refractivity (Wildman–Crippen MR) is 74.2 cm³/mol. The third-order valence-electron chi connectivity index (χ3n) is 4.70. The lowest BCUT2D eigenvalue weighted by molar-refractivity contribution is 0.0326. The number of hydrogen-bond donors (Lipinski definition) is 1. The molecule has 1 N–H and O–H groups in total. The summed E-state index contributed by atoms with van der Waals surface area (Å²) in [6, 6.07) is 1.58. The average molecular weight is 238 g/mol. The summed E-state index contributed by atoms with van der Waals surface area (Å²) in [5.74, 6) is 1.69. The van der Waals surface area contributed by atoms with Gasteiger partial charge in [0.1, 0.15) is 0 Å².